The lowest BCUT2D eigenvalue weighted by atomic mass is 9.94. The third-order valence-electron chi connectivity index (χ3n) is 5.65. The van der Waals surface area contributed by atoms with E-state index >= 15 is 0 Å². The molecule has 0 bridgehead atoms. The first-order valence-electron chi connectivity index (χ1n) is 11.4. The van der Waals surface area contributed by atoms with Gasteiger partial charge in [0.1, 0.15) is 23.3 Å². The number of aliphatic hydroxyl groups is 1. The van der Waals surface area contributed by atoms with Crippen LogP contribution in [0.5, 0.6) is 0 Å². The molecule has 6 heteroatoms. The number of carbonyl (C=O) groups is 1. The summed E-state index contributed by atoms with van der Waals surface area (Å²) in [6, 6.07) is 24.4. The number of aliphatic hydroxyl groups excluding tert-OH is 1. The number of hydrogen-bond donors (Lipinski definition) is 1. The van der Waals surface area contributed by atoms with Crippen molar-refractivity contribution in [2.24, 2.45) is 4.99 Å². The summed E-state index contributed by atoms with van der Waals surface area (Å²) in [5.41, 5.74) is 1.71. The van der Waals surface area contributed by atoms with Crippen molar-refractivity contribution in [3.63, 3.8) is 0 Å². The number of hydrogen-bond acceptors (Lipinski definition) is 4. The fourth-order valence-corrected chi connectivity index (χ4v) is 4.14. The molecule has 0 radical (unpaired) electrons. The Morgan fingerprint density at radius 1 is 0.971 bits per heavy atom. The van der Waals surface area contributed by atoms with Crippen molar-refractivity contribution in [2.45, 2.75) is 51.0 Å². The lowest BCUT2D eigenvalue weighted by molar-refractivity contribution is 0.0308. The van der Waals surface area contributed by atoms with E-state index < -0.39 is 23.8 Å². The molecule has 0 aliphatic carbocycles. The molecule has 0 spiro atoms. The smallest absolute Gasteiger partial charge is 0.416 e. The van der Waals surface area contributed by atoms with Gasteiger partial charge in [0.2, 0.25) is 0 Å². The van der Waals surface area contributed by atoms with Crippen molar-refractivity contribution in [2.75, 3.05) is 0 Å². The van der Waals surface area contributed by atoms with E-state index in [1.165, 1.54) is 24.3 Å². The Kier molecular flexibility index (Phi) is 6.80. The van der Waals surface area contributed by atoms with Crippen molar-refractivity contribution in [1.29, 1.82) is 0 Å². The minimum absolute atomic E-state index is 0.0809. The molecule has 3 aromatic carbocycles. The maximum absolute atomic E-state index is 13.5. The van der Waals surface area contributed by atoms with Crippen molar-refractivity contribution < 1.29 is 19.0 Å². The minimum Gasteiger partial charge on any atom is -0.443 e. The third kappa shape index (κ3) is 5.34. The Bertz CT molecular complexity index is 1140. The Morgan fingerprint density at radius 2 is 1.53 bits per heavy atom. The molecule has 34 heavy (non-hydrogen) atoms. The molecule has 1 N–H and O–H groups in total. The van der Waals surface area contributed by atoms with Crippen LogP contribution in [0.2, 0.25) is 0 Å². The zero-order valence-electron chi connectivity index (χ0n) is 19.6. The molecule has 0 fully saturated rings. The molecule has 0 saturated carbocycles. The fraction of sp³-hybridized carbons (Fsp3) is 0.286. The third-order valence-corrected chi connectivity index (χ3v) is 5.65. The van der Waals surface area contributed by atoms with E-state index in [-0.39, 0.29) is 18.3 Å². The van der Waals surface area contributed by atoms with E-state index in [0.29, 0.717) is 11.4 Å². The summed E-state index contributed by atoms with van der Waals surface area (Å²) in [4.78, 5) is 20.0. The number of rotatable bonds is 5. The second kappa shape index (κ2) is 9.77. The predicted molar refractivity (Wildman–Crippen MR) is 130 cm³/mol. The highest BCUT2D eigenvalue weighted by Crippen LogP contribution is 2.44. The molecule has 0 aromatic heterocycles. The molecule has 1 aliphatic heterocycles. The average molecular weight is 461 g/mol. The number of amides is 1. The number of amidine groups is 1. The summed E-state index contributed by atoms with van der Waals surface area (Å²) in [7, 11) is 0. The zero-order chi connectivity index (χ0) is 24.3. The maximum Gasteiger partial charge on any atom is 0.416 e. The summed E-state index contributed by atoms with van der Waals surface area (Å²) >= 11 is 0. The number of nitrogens with zero attached hydrogens (tertiary/aromatic N) is 2. The van der Waals surface area contributed by atoms with Crippen molar-refractivity contribution in [3.05, 3.63) is 107 Å². The quantitative estimate of drug-likeness (QED) is 0.480. The fourth-order valence-electron chi connectivity index (χ4n) is 4.14. The van der Waals surface area contributed by atoms with Gasteiger partial charge in [-0.2, -0.15) is 0 Å². The molecule has 1 aliphatic rings. The summed E-state index contributed by atoms with van der Waals surface area (Å²) in [6.45, 7) is 5.45. The van der Waals surface area contributed by atoms with E-state index in [0.717, 1.165) is 11.1 Å². The van der Waals surface area contributed by atoms with E-state index in [4.69, 9.17) is 9.73 Å². The van der Waals surface area contributed by atoms with Crippen LogP contribution >= 0.6 is 0 Å². The number of halogens is 1. The second-order valence-corrected chi connectivity index (χ2v) is 9.38. The van der Waals surface area contributed by atoms with E-state index in [2.05, 4.69) is 0 Å². The number of ether oxygens (including phenoxy) is 1. The topological polar surface area (TPSA) is 62.1 Å². The van der Waals surface area contributed by atoms with Crippen LogP contribution < -0.4 is 0 Å². The summed E-state index contributed by atoms with van der Waals surface area (Å²) in [5.74, 6) is 0.0478. The second-order valence-electron chi connectivity index (χ2n) is 9.38. The van der Waals surface area contributed by atoms with Gasteiger partial charge in [0.15, 0.2) is 0 Å². The monoisotopic (exact) mass is 460 g/mol. The minimum atomic E-state index is -0.963. The number of aliphatic imine (C=N–C) groups is 1. The predicted octanol–water partition coefficient (Wildman–Crippen LogP) is 6.38. The molecule has 176 valence electrons. The highest BCUT2D eigenvalue weighted by molar-refractivity contribution is 5.98. The Hall–Kier alpha value is -3.51. The molecule has 5 nitrogen and oxygen atoms in total. The first kappa shape index (κ1) is 23.6. The largest absolute Gasteiger partial charge is 0.443 e. The molecule has 1 heterocycles. The Labute approximate surface area is 199 Å². The van der Waals surface area contributed by atoms with E-state index in [1.807, 2.05) is 81.4 Å². The van der Waals surface area contributed by atoms with Gasteiger partial charge in [0.05, 0.1) is 12.1 Å². The first-order valence-corrected chi connectivity index (χ1v) is 11.4. The first-order chi connectivity index (χ1) is 16.2. The zero-order valence-corrected chi connectivity index (χ0v) is 19.6. The summed E-state index contributed by atoms with van der Waals surface area (Å²) in [5, 5.41) is 10.9. The SMILES string of the molecule is CC(C)(C)OC(=O)N1C(CC(O)c2ccc(F)cc2)=N[C@@H](c2ccccc2)[C@H]1c1ccccc1. The van der Waals surface area contributed by atoms with Gasteiger partial charge in [-0.1, -0.05) is 72.8 Å². The van der Waals surface area contributed by atoms with Crippen LogP contribution in [0.15, 0.2) is 89.9 Å². The van der Waals surface area contributed by atoms with Crippen molar-refractivity contribution in [1.82, 2.24) is 4.90 Å². The van der Waals surface area contributed by atoms with Crippen LogP contribution in [0.25, 0.3) is 0 Å². The van der Waals surface area contributed by atoms with Gasteiger partial charge >= 0.3 is 6.09 Å². The lowest BCUT2D eigenvalue weighted by Crippen LogP contribution is -2.41. The van der Waals surface area contributed by atoms with Gasteiger partial charge in [-0.05, 0) is 49.6 Å². The van der Waals surface area contributed by atoms with Crippen LogP contribution in [0.4, 0.5) is 9.18 Å². The van der Waals surface area contributed by atoms with Crippen LogP contribution in [-0.4, -0.2) is 27.5 Å². The molecular formula is C28H29FN2O3. The summed E-state index contributed by atoms with van der Waals surface area (Å²) < 4.78 is 19.1. The maximum atomic E-state index is 13.5. The van der Waals surface area contributed by atoms with E-state index in [9.17, 15) is 14.3 Å². The Balaban J connectivity index is 1.76. The van der Waals surface area contributed by atoms with Crippen molar-refractivity contribution in [3.8, 4) is 0 Å². The molecule has 3 aromatic rings. The van der Waals surface area contributed by atoms with Crippen molar-refractivity contribution >= 4 is 11.9 Å². The van der Waals surface area contributed by atoms with Crippen LogP contribution in [-0.2, 0) is 4.74 Å². The highest BCUT2D eigenvalue weighted by atomic mass is 19.1. The van der Waals surface area contributed by atoms with Gasteiger partial charge in [-0.15, -0.1) is 0 Å². The van der Waals surface area contributed by atoms with Crippen LogP contribution in [0.1, 0.15) is 62.1 Å². The van der Waals surface area contributed by atoms with Gasteiger partial charge in [0.25, 0.3) is 0 Å². The van der Waals surface area contributed by atoms with Gasteiger partial charge < -0.3 is 9.84 Å². The average Bonchev–Trinajstić information content (AvgIpc) is 3.19. The van der Waals surface area contributed by atoms with E-state index in [1.54, 1.807) is 4.90 Å². The molecular weight excluding hydrogens is 431 g/mol. The molecule has 1 unspecified atom stereocenters. The molecule has 0 saturated heterocycles. The lowest BCUT2D eigenvalue weighted by Gasteiger charge is -2.32. The highest BCUT2D eigenvalue weighted by Gasteiger charge is 2.43. The molecule has 1 amide bonds. The molecule has 3 atom stereocenters. The Morgan fingerprint density at radius 3 is 2.09 bits per heavy atom. The normalized spacial score (nSPS) is 19.0. The standard InChI is InChI=1S/C28H29FN2O3/c1-28(2,3)34-27(33)31-24(18-23(32)19-14-16-22(29)17-15-19)30-25(20-10-6-4-7-11-20)26(31)21-12-8-5-9-13-21/h4-17,23,25-26,32H,18H2,1-3H3/t23?,25-,26+/m0/s1. The van der Waals surface area contributed by atoms with Crippen LogP contribution in [0.3, 0.4) is 0 Å². The van der Waals surface area contributed by atoms with Gasteiger partial charge in [-0.3, -0.25) is 9.89 Å². The van der Waals surface area contributed by atoms with Gasteiger partial charge in [0, 0.05) is 6.42 Å². The van der Waals surface area contributed by atoms with Crippen LogP contribution in [0, 0.1) is 5.82 Å². The van der Waals surface area contributed by atoms with Gasteiger partial charge in [-0.25, -0.2) is 9.18 Å². The number of carbonyl (C=O) groups excluding carboxylic acids is 1. The summed E-state index contributed by atoms with van der Waals surface area (Å²) in [6.07, 6.45) is -1.41. The molecule has 4 rings (SSSR count). The number of benzene rings is 3.